The van der Waals surface area contributed by atoms with Crippen LogP contribution in [0.15, 0.2) is 30.3 Å². The van der Waals surface area contributed by atoms with Gasteiger partial charge in [0.05, 0.1) is 6.04 Å². The Morgan fingerprint density at radius 3 is 2.38 bits per heavy atom. The normalized spacial score (nSPS) is 16.9. The van der Waals surface area contributed by atoms with E-state index in [1.807, 2.05) is 42.1 Å². The van der Waals surface area contributed by atoms with Crippen molar-refractivity contribution in [3.05, 3.63) is 35.9 Å². The lowest BCUT2D eigenvalue weighted by atomic mass is 9.92. The van der Waals surface area contributed by atoms with E-state index in [0.717, 1.165) is 32.4 Å². The fraction of sp³-hybridized carbons (Fsp3) is 0.579. The van der Waals surface area contributed by atoms with Crippen molar-refractivity contribution in [1.29, 1.82) is 0 Å². The molecule has 1 saturated heterocycles. The molecule has 1 unspecified atom stereocenters. The SMILES string of the molecule is CNC(=O)CC1CCN(C(=O)C(Cc2ccccc2)N(C)C)CC1. The molecular weight excluding hydrogens is 302 g/mol. The number of carbonyl (C=O) groups excluding carboxylic acids is 2. The molecule has 5 nitrogen and oxygen atoms in total. The van der Waals surface area contributed by atoms with Crippen molar-refractivity contribution in [2.45, 2.75) is 31.7 Å². The zero-order chi connectivity index (χ0) is 17.5. The van der Waals surface area contributed by atoms with Crippen LogP contribution in [0.2, 0.25) is 0 Å². The van der Waals surface area contributed by atoms with Gasteiger partial charge in [0.2, 0.25) is 11.8 Å². The Labute approximate surface area is 145 Å². The van der Waals surface area contributed by atoms with Gasteiger partial charge in [-0.3, -0.25) is 14.5 Å². The summed E-state index contributed by atoms with van der Waals surface area (Å²) in [5.41, 5.74) is 1.18. The lowest BCUT2D eigenvalue weighted by Crippen LogP contribution is -2.49. The standard InChI is InChI=1S/C19H29N3O2/c1-20-18(23)14-16-9-11-22(12-10-16)19(24)17(21(2)3)13-15-7-5-4-6-8-15/h4-8,16-17H,9-14H2,1-3H3,(H,20,23). The summed E-state index contributed by atoms with van der Waals surface area (Å²) in [5, 5.41) is 2.68. The number of likely N-dealkylation sites (N-methyl/N-ethyl adjacent to an activating group) is 1. The van der Waals surface area contributed by atoms with E-state index in [2.05, 4.69) is 17.4 Å². The number of benzene rings is 1. The number of carbonyl (C=O) groups is 2. The summed E-state index contributed by atoms with van der Waals surface area (Å²) in [6.45, 7) is 1.50. The summed E-state index contributed by atoms with van der Waals surface area (Å²) in [7, 11) is 5.60. The lowest BCUT2D eigenvalue weighted by molar-refractivity contribution is -0.137. The van der Waals surface area contributed by atoms with Crippen LogP contribution >= 0.6 is 0 Å². The molecule has 132 valence electrons. The predicted octanol–water partition coefficient (Wildman–Crippen LogP) is 1.53. The van der Waals surface area contributed by atoms with Crippen LogP contribution in [0.3, 0.4) is 0 Å². The Morgan fingerprint density at radius 1 is 1.21 bits per heavy atom. The van der Waals surface area contributed by atoms with E-state index >= 15 is 0 Å². The molecule has 1 fully saturated rings. The van der Waals surface area contributed by atoms with Crippen molar-refractivity contribution in [1.82, 2.24) is 15.1 Å². The molecule has 1 atom stereocenters. The summed E-state index contributed by atoms with van der Waals surface area (Å²) in [4.78, 5) is 28.4. The number of hydrogen-bond acceptors (Lipinski definition) is 3. The van der Waals surface area contributed by atoms with Gasteiger partial charge >= 0.3 is 0 Å². The molecule has 1 aromatic carbocycles. The van der Waals surface area contributed by atoms with Gasteiger partial charge in [-0.25, -0.2) is 0 Å². The van der Waals surface area contributed by atoms with Gasteiger partial charge in [0.15, 0.2) is 0 Å². The molecule has 2 amide bonds. The second-order valence-electron chi connectivity index (χ2n) is 6.82. The Balaban J connectivity index is 1.92. The quantitative estimate of drug-likeness (QED) is 0.860. The van der Waals surface area contributed by atoms with Crippen molar-refractivity contribution in [3.8, 4) is 0 Å². The largest absolute Gasteiger partial charge is 0.359 e. The molecule has 0 aliphatic carbocycles. The van der Waals surface area contributed by atoms with Crippen LogP contribution < -0.4 is 5.32 Å². The fourth-order valence-corrected chi connectivity index (χ4v) is 3.26. The van der Waals surface area contributed by atoms with Crippen LogP contribution in [-0.2, 0) is 16.0 Å². The van der Waals surface area contributed by atoms with E-state index in [-0.39, 0.29) is 17.9 Å². The van der Waals surface area contributed by atoms with E-state index in [9.17, 15) is 9.59 Å². The highest BCUT2D eigenvalue weighted by Crippen LogP contribution is 2.22. The minimum absolute atomic E-state index is 0.0926. The van der Waals surface area contributed by atoms with Crippen molar-refractivity contribution in [3.63, 3.8) is 0 Å². The topological polar surface area (TPSA) is 52.7 Å². The molecule has 0 saturated carbocycles. The Hall–Kier alpha value is -1.88. The number of nitrogens with zero attached hydrogens (tertiary/aromatic N) is 2. The van der Waals surface area contributed by atoms with Gasteiger partial charge in [-0.15, -0.1) is 0 Å². The number of piperidine rings is 1. The second-order valence-corrected chi connectivity index (χ2v) is 6.82. The molecule has 5 heteroatoms. The molecule has 1 aliphatic heterocycles. The summed E-state index contributed by atoms with van der Waals surface area (Å²) in [5.74, 6) is 0.679. The highest BCUT2D eigenvalue weighted by Gasteiger charge is 2.30. The Bertz CT molecular complexity index is 537. The van der Waals surface area contributed by atoms with E-state index in [0.29, 0.717) is 12.3 Å². The average molecular weight is 331 g/mol. The third kappa shape index (κ3) is 5.06. The minimum atomic E-state index is -0.136. The minimum Gasteiger partial charge on any atom is -0.359 e. The van der Waals surface area contributed by atoms with Crippen LogP contribution in [0, 0.1) is 5.92 Å². The van der Waals surface area contributed by atoms with Gasteiger partial charge in [-0.1, -0.05) is 30.3 Å². The lowest BCUT2D eigenvalue weighted by Gasteiger charge is -2.35. The van der Waals surface area contributed by atoms with Crippen LogP contribution in [0.4, 0.5) is 0 Å². The molecule has 1 aliphatic rings. The first-order valence-corrected chi connectivity index (χ1v) is 8.71. The maximum atomic E-state index is 12.9. The van der Waals surface area contributed by atoms with Gasteiger partial charge in [0, 0.05) is 26.6 Å². The fourth-order valence-electron chi connectivity index (χ4n) is 3.26. The molecule has 24 heavy (non-hydrogen) atoms. The van der Waals surface area contributed by atoms with Crippen molar-refractivity contribution in [2.75, 3.05) is 34.2 Å². The van der Waals surface area contributed by atoms with E-state index in [1.54, 1.807) is 7.05 Å². The first-order chi connectivity index (χ1) is 11.5. The first-order valence-electron chi connectivity index (χ1n) is 8.71. The first kappa shape index (κ1) is 18.5. The number of likely N-dealkylation sites (tertiary alicyclic amines) is 1. The number of rotatable bonds is 6. The zero-order valence-corrected chi connectivity index (χ0v) is 15.0. The molecular formula is C19H29N3O2. The molecule has 1 aromatic rings. The van der Waals surface area contributed by atoms with Crippen molar-refractivity contribution < 1.29 is 9.59 Å². The number of amides is 2. The van der Waals surface area contributed by atoms with Gasteiger partial charge < -0.3 is 10.2 Å². The molecule has 0 aromatic heterocycles. The highest BCUT2D eigenvalue weighted by atomic mass is 16.2. The summed E-state index contributed by atoms with van der Waals surface area (Å²) < 4.78 is 0. The molecule has 0 spiro atoms. The summed E-state index contributed by atoms with van der Waals surface area (Å²) in [6, 6.07) is 10.0. The summed E-state index contributed by atoms with van der Waals surface area (Å²) >= 11 is 0. The molecule has 1 N–H and O–H groups in total. The van der Waals surface area contributed by atoms with Crippen LogP contribution in [0.25, 0.3) is 0 Å². The maximum absolute atomic E-state index is 12.9. The van der Waals surface area contributed by atoms with Crippen LogP contribution in [-0.4, -0.2) is 61.9 Å². The molecule has 0 bridgehead atoms. The second kappa shape index (κ2) is 8.83. The Morgan fingerprint density at radius 2 is 1.83 bits per heavy atom. The third-order valence-corrected chi connectivity index (χ3v) is 4.86. The van der Waals surface area contributed by atoms with Crippen LogP contribution in [0.1, 0.15) is 24.8 Å². The monoisotopic (exact) mass is 331 g/mol. The maximum Gasteiger partial charge on any atom is 0.240 e. The van der Waals surface area contributed by atoms with Crippen LogP contribution in [0.5, 0.6) is 0 Å². The van der Waals surface area contributed by atoms with Crippen molar-refractivity contribution in [2.24, 2.45) is 5.92 Å². The van der Waals surface area contributed by atoms with E-state index in [4.69, 9.17) is 0 Å². The summed E-state index contributed by atoms with van der Waals surface area (Å²) in [6.07, 6.45) is 3.11. The smallest absolute Gasteiger partial charge is 0.240 e. The number of nitrogens with one attached hydrogen (secondary N) is 1. The Kier molecular flexibility index (Phi) is 6.79. The van der Waals surface area contributed by atoms with E-state index in [1.165, 1.54) is 5.56 Å². The number of hydrogen-bond donors (Lipinski definition) is 1. The van der Waals surface area contributed by atoms with Gasteiger partial charge in [0.1, 0.15) is 0 Å². The molecule has 1 heterocycles. The molecule has 2 rings (SSSR count). The highest BCUT2D eigenvalue weighted by molar-refractivity contribution is 5.82. The zero-order valence-electron chi connectivity index (χ0n) is 15.0. The molecule has 0 radical (unpaired) electrons. The van der Waals surface area contributed by atoms with Gasteiger partial charge in [-0.05, 0) is 44.8 Å². The third-order valence-electron chi connectivity index (χ3n) is 4.86. The van der Waals surface area contributed by atoms with E-state index < -0.39 is 0 Å². The van der Waals surface area contributed by atoms with Gasteiger partial charge in [-0.2, -0.15) is 0 Å². The van der Waals surface area contributed by atoms with Gasteiger partial charge in [0.25, 0.3) is 0 Å². The predicted molar refractivity (Wildman–Crippen MR) is 95.6 cm³/mol. The average Bonchev–Trinajstić information content (AvgIpc) is 2.60. The van der Waals surface area contributed by atoms with Crippen molar-refractivity contribution >= 4 is 11.8 Å².